The summed E-state index contributed by atoms with van der Waals surface area (Å²) in [6.07, 6.45) is 0. The fourth-order valence-electron chi connectivity index (χ4n) is 4.00. The number of hydrogen-bond donors (Lipinski definition) is 1. The lowest BCUT2D eigenvalue weighted by atomic mass is 9.92. The number of ether oxygens (including phenoxy) is 5. The van der Waals surface area contributed by atoms with E-state index in [1.165, 1.54) is 7.11 Å². The zero-order valence-corrected chi connectivity index (χ0v) is 19.6. The van der Waals surface area contributed by atoms with Crippen LogP contribution in [0.4, 0.5) is 0 Å². The molecule has 0 atom stereocenters. The average molecular weight is 430 g/mol. The molecular weight excluding hydrogens is 400 g/mol. The maximum absolute atomic E-state index is 11.9. The Morgan fingerprint density at radius 3 is 1.71 bits per heavy atom. The third-order valence-electron chi connectivity index (χ3n) is 5.16. The number of carboxylic acid groups (broad SMARTS) is 1. The van der Waals surface area contributed by atoms with Crippen molar-refractivity contribution in [2.75, 3.05) is 35.5 Å². The van der Waals surface area contributed by atoms with Crippen LogP contribution in [0.3, 0.4) is 0 Å². The summed E-state index contributed by atoms with van der Waals surface area (Å²) in [7, 11) is 7.69. The van der Waals surface area contributed by atoms with Crippen LogP contribution in [0.2, 0.25) is 0 Å². The third-order valence-corrected chi connectivity index (χ3v) is 5.16. The number of hydrogen-bond acceptors (Lipinski definition) is 6. The smallest absolute Gasteiger partial charge is 0.339 e. The molecule has 1 N–H and O–H groups in total. The molecule has 0 aliphatic rings. The summed E-state index contributed by atoms with van der Waals surface area (Å²) >= 11 is 0. The van der Waals surface area contributed by atoms with Crippen molar-refractivity contribution in [3.8, 4) is 28.7 Å². The first kappa shape index (κ1) is 23.9. The van der Waals surface area contributed by atoms with Gasteiger partial charge in [0.15, 0.2) is 0 Å². The van der Waals surface area contributed by atoms with Crippen molar-refractivity contribution in [1.29, 1.82) is 0 Å². The van der Waals surface area contributed by atoms with Crippen LogP contribution in [-0.4, -0.2) is 46.6 Å². The maximum Gasteiger partial charge on any atom is 0.339 e. The van der Waals surface area contributed by atoms with Crippen molar-refractivity contribution in [2.45, 2.75) is 27.7 Å². The number of benzene rings is 3. The number of fused-ring (bicyclic) bond motifs is 2. The fourth-order valence-corrected chi connectivity index (χ4v) is 4.00. The van der Waals surface area contributed by atoms with Crippen molar-refractivity contribution in [1.82, 2.24) is 0 Å². The molecular formula is C24H30O7. The highest BCUT2D eigenvalue weighted by atomic mass is 16.5. The Labute approximate surface area is 182 Å². The van der Waals surface area contributed by atoms with E-state index in [4.69, 9.17) is 23.7 Å². The van der Waals surface area contributed by atoms with Crippen molar-refractivity contribution in [2.24, 2.45) is 0 Å². The maximum atomic E-state index is 11.9. The summed E-state index contributed by atoms with van der Waals surface area (Å²) in [5, 5.41) is 12.4. The normalized spacial score (nSPS) is 10.4. The van der Waals surface area contributed by atoms with Crippen molar-refractivity contribution in [3.05, 3.63) is 28.8 Å². The molecule has 0 saturated carbocycles. The van der Waals surface area contributed by atoms with E-state index < -0.39 is 5.97 Å². The largest absolute Gasteiger partial charge is 0.496 e. The summed E-state index contributed by atoms with van der Waals surface area (Å²) in [5.74, 6) is 1.34. The van der Waals surface area contributed by atoms with Gasteiger partial charge in [-0.2, -0.15) is 0 Å². The first-order chi connectivity index (χ1) is 14.9. The minimum Gasteiger partial charge on any atom is -0.496 e. The van der Waals surface area contributed by atoms with E-state index in [1.807, 2.05) is 26.8 Å². The lowest BCUT2D eigenvalue weighted by Crippen LogP contribution is -2.06. The molecule has 0 aliphatic heterocycles. The fraction of sp³-hybridized carbons (Fsp3) is 0.375. The van der Waals surface area contributed by atoms with Crippen molar-refractivity contribution in [3.63, 3.8) is 0 Å². The van der Waals surface area contributed by atoms with Crippen LogP contribution in [0.1, 0.15) is 35.3 Å². The van der Waals surface area contributed by atoms with Gasteiger partial charge in [0.1, 0.15) is 34.3 Å². The summed E-state index contributed by atoms with van der Waals surface area (Å²) in [6, 6.07) is 3.52. The van der Waals surface area contributed by atoms with E-state index >= 15 is 0 Å². The number of carboxylic acids is 1. The number of carbonyl (C=O) groups is 1. The molecule has 0 saturated heterocycles. The van der Waals surface area contributed by atoms with Crippen molar-refractivity contribution >= 4 is 27.5 Å². The van der Waals surface area contributed by atoms with Gasteiger partial charge in [-0.15, -0.1) is 0 Å². The van der Waals surface area contributed by atoms with E-state index in [0.717, 1.165) is 5.56 Å². The summed E-state index contributed by atoms with van der Waals surface area (Å²) in [6.45, 7) is 7.63. The molecule has 0 bridgehead atoms. The second kappa shape index (κ2) is 9.64. The highest BCUT2D eigenvalue weighted by Crippen LogP contribution is 2.53. The molecule has 0 unspecified atom stereocenters. The Hall–Kier alpha value is -3.35. The third kappa shape index (κ3) is 3.65. The van der Waals surface area contributed by atoms with E-state index in [0.29, 0.717) is 50.1 Å². The molecule has 7 nitrogen and oxygen atoms in total. The van der Waals surface area contributed by atoms with Crippen LogP contribution in [0.5, 0.6) is 28.7 Å². The molecule has 3 rings (SSSR count). The van der Waals surface area contributed by atoms with E-state index in [-0.39, 0.29) is 11.3 Å². The SMILES string of the molecule is CC.COc1cc2c(OC)c3c(OC)cc(C)c(OC)c3c(OC)c2c(C)c1C(=O)O. The van der Waals surface area contributed by atoms with Crippen LogP contribution in [0.15, 0.2) is 12.1 Å². The molecule has 0 amide bonds. The molecule has 0 heterocycles. The van der Waals surface area contributed by atoms with Gasteiger partial charge in [-0.3, -0.25) is 0 Å². The Bertz CT molecular complexity index is 1130. The van der Waals surface area contributed by atoms with Gasteiger partial charge in [0, 0.05) is 10.8 Å². The molecule has 168 valence electrons. The van der Waals surface area contributed by atoms with Crippen LogP contribution in [0.25, 0.3) is 21.5 Å². The highest BCUT2D eigenvalue weighted by molar-refractivity contribution is 6.18. The topological polar surface area (TPSA) is 83.5 Å². The molecule has 0 aliphatic carbocycles. The Morgan fingerprint density at radius 2 is 1.26 bits per heavy atom. The average Bonchev–Trinajstić information content (AvgIpc) is 2.77. The quantitative estimate of drug-likeness (QED) is 0.526. The second-order valence-corrected chi connectivity index (χ2v) is 6.55. The summed E-state index contributed by atoms with van der Waals surface area (Å²) in [4.78, 5) is 11.9. The number of rotatable bonds is 6. The lowest BCUT2D eigenvalue weighted by molar-refractivity contribution is 0.0692. The molecule has 0 radical (unpaired) electrons. The minimum atomic E-state index is -1.09. The molecule has 3 aromatic carbocycles. The van der Waals surface area contributed by atoms with Crippen molar-refractivity contribution < 1.29 is 33.6 Å². The number of aryl methyl sites for hydroxylation is 2. The van der Waals surface area contributed by atoms with Gasteiger partial charge in [-0.1, -0.05) is 13.8 Å². The van der Waals surface area contributed by atoms with Crippen LogP contribution in [-0.2, 0) is 0 Å². The van der Waals surface area contributed by atoms with Gasteiger partial charge in [0.25, 0.3) is 0 Å². The summed E-state index contributed by atoms with van der Waals surface area (Å²) < 4.78 is 28.3. The van der Waals surface area contributed by atoms with Gasteiger partial charge in [0.05, 0.1) is 46.3 Å². The Kier molecular flexibility index (Phi) is 7.44. The molecule has 7 heteroatoms. The van der Waals surface area contributed by atoms with Crippen LogP contribution in [0, 0.1) is 13.8 Å². The molecule has 0 spiro atoms. The number of methoxy groups -OCH3 is 5. The second-order valence-electron chi connectivity index (χ2n) is 6.55. The zero-order chi connectivity index (χ0) is 23.5. The number of aromatic carboxylic acids is 1. The molecule has 0 fully saturated rings. The zero-order valence-electron chi connectivity index (χ0n) is 19.6. The van der Waals surface area contributed by atoms with E-state index in [1.54, 1.807) is 41.4 Å². The lowest BCUT2D eigenvalue weighted by Gasteiger charge is -2.22. The van der Waals surface area contributed by atoms with Gasteiger partial charge in [-0.25, -0.2) is 4.79 Å². The van der Waals surface area contributed by atoms with Gasteiger partial charge >= 0.3 is 5.97 Å². The molecule has 0 aromatic heterocycles. The van der Waals surface area contributed by atoms with Crippen LogP contribution >= 0.6 is 0 Å². The predicted molar refractivity (Wildman–Crippen MR) is 122 cm³/mol. The summed E-state index contributed by atoms with van der Waals surface area (Å²) in [5.41, 5.74) is 1.42. The molecule has 3 aromatic rings. The Balaban J connectivity index is 0.00000166. The minimum absolute atomic E-state index is 0.0679. The van der Waals surface area contributed by atoms with Gasteiger partial charge < -0.3 is 28.8 Å². The first-order valence-electron chi connectivity index (χ1n) is 9.89. The predicted octanol–water partition coefficient (Wildman–Crippen LogP) is 5.38. The molecule has 31 heavy (non-hydrogen) atoms. The van der Waals surface area contributed by atoms with Gasteiger partial charge in [-0.05, 0) is 37.1 Å². The van der Waals surface area contributed by atoms with Gasteiger partial charge in [0.2, 0.25) is 0 Å². The highest BCUT2D eigenvalue weighted by Gasteiger charge is 2.28. The van der Waals surface area contributed by atoms with Crippen LogP contribution < -0.4 is 23.7 Å². The Morgan fingerprint density at radius 1 is 0.710 bits per heavy atom. The van der Waals surface area contributed by atoms with E-state index in [9.17, 15) is 9.90 Å². The standard InChI is InChI=1S/C22H24O7.C2H6/c1-10-8-13(25-3)17-18(19(10)27-5)21(29-7)15-11(2)16(22(23)24)14(26-4)9-12(15)20(17)28-6;1-2/h8-9H,1-7H3,(H,23,24);1-2H3. The monoisotopic (exact) mass is 430 g/mol. The van der Waals surface area contributed by atoms with E-state index in [2.05, 4.69) is 0 Å². The first-order valence-corrected chi connectivity index (χ1v) is 9.89.